The minimum Gasteiger partial charge on any atom is -0.507 e. The van der Waals surface area contributed by atoms with E-state index >= 15 is 0 Å². The summed E-state index contributed by atoms with van der Waals surface area (Å²) < 4.78 is 21.9. The number of phenolic OH excluding ortho intramolecular Hbond substituents is 1. The van der Waals surface area contributed by atoms with Crippen molar-refractivity contribution in [2.24, 2.45) is 0 Å². The molecule has 4 aromatic rings. The molecule has 1 aromatic heterocycles. The van der Waals surface area contributed by atoms with Crippen LogP contribution >= 0.6 is 11.6 Å². The number of aromatic carboxylic acids is 1. The summed E-state index contributed by atoms with van der Waals surface area (Å²) in [6.07, 6.45) is 2.65. The fraction of sp³-hybridized carbons (Fsp3) is 0.290. The zero-order valence-electron chi connectivity index (χ0n) is 22.5. The van der Waals surface area contributed by atoms with Crippen molar-refractivity contribution in [3.8, 4) is 22.6 Å². The average Bonchev–Trinajstić information content (AvgIpc) is 3.22. The maximum absolute atomic E-state index is 14.4. The number of fused-ring (bicyclic) bond motifs is 1. The van der Waals surface area contributed by atoms with Crippen molar-refractivity contribution in [3.05, 3.63) is 82.3 Å². The summed E-state index contributed by atoms with van der Waals surface area (Å²) in [6.45, 7) is 1.88. The van der Waals surface area contributed by atoms with Crippen molar-refractivity contribution in [1.82, 2.24) is 9.47 Å². The van der Waals surface area contributed by atoms with Crippen LogP contribution in [0.3, 0.4) is 0 Å². The number of aromatic nitrogens is 1. The van der Waals surface area contributed by atoms with E-state index in [2.05, 4.69) is 0 Å². The van der Waals surface area contributed by atoms with Crippen molar-refractivity contribution in [2.45, 2.75) is 38.0 Å². The molecule has 1 fully saturated rings. The number of carboxylic acids is 1. The lowest BCUT2D eigenvalue weighted by Crippen LogP contribution is -2.38. The van der Waals surface area contributed by atoms with Crippen molar-refractivity contribution in [3.63, 3.8) is 0 Å². The van der Waals surface area contributed by atoms with Crippen molar-refractivity contribution >= 4 is 34.6 Å². The summed E-state index contributed by atoms with van der Waals surface area (Å²) in [4.78, 5) is 25.1. The third-order valence-corrected chi connectivity index (χ3v) is 8.04. The second kappa shape index (κ2) is 10.5. The number of carbonyl (C=O) groups is 2. The van der Waals surface area contributed by atoms with Gasteiger partial charge in [-0.15, -0.1) is 0 Å². The summed E-state index contributed by atoms with van der Waals surface area (Å²) in [5.41, 5.74) is 3.84. The number of phenols is 1. The number of rotatable bonds is 7. The molecule has 7 nitrogen and oxygen atoms in total. The zero-order chi connectivity index (χ0) is 28.8. The molecule has 1 saturated carbocycles. The van der Waals surface area contributed by atoms with Crippen molar-refractivity contribution in [1.29, 1.82) is 0 Å². The van der Waals surface area contributed by atoms with E-state index in [0.717, 1.165) is 36.1 Å². The molecule has 1 aliphatic rings. The highest BCUT2D eigenvalue weighted by atomic mass is 35.5. The fourth-order valence-corrected chi connectivity index (χ4v) is 5.84. The summed E-state index contributed by atoms with van der Waals surface area (Å²) in [6, 6.07) is 14.6. The molecule has 9 heteroatoms. The predicted molar refractivity (Wildman–Crippen MR) is 152 cm³/mol. The van der Waals surface area contributed by atoms with Crippen molar-refractivity contribution in [2.75, 3.05) is 20.7 Å². The molecule has 0 spiro atoms. The second-order valence-electron chi connectivity index (χ2n) is 10.6. The molecule has 3 aromatic carbocycles. The molecule has 0 bridgehead atoms. The molecule has 1 aliphatic carbocycles. The van der Waals surface area contributed by atoms with Gasteiger partial charge in [0, 0.05) is 41.5 Å². The van der Waals surface area contributed by atoms with Crippen LogP contribution in [0, 0.1) is 12.7 Å². The van der Waals surface area contributed by atoms with Crippen LogP contribution in [0.5, 0.6) is 5.75 Å². The first-order valence-corrected chi connectivity index (χ1v) is 13.4. The van der Waals surface area contributed by atoms with Crippen LogP contribution in [-0.4, -0.2) is 52.4 Å². The van der Waals surface area contributed by atoms with Gasteiger partial charge in [-0.2, -0.15) is 0 Å². The van der Waals surface area contributed by atoms with Crippen LogP contribution in [0.2, 0.25) is 5.02 Å². The van der Waals surface area contributed by atoms with Crippen LogP contribution in [0.15, 0.2) is 54.6 Å². The first kappa shape index (κ1) is 27.5. The molecular weight excluding hydrogens is 535 g/mol. The van der Waals surface area contributed by atoms with E-state index in [1.807, 2.05) is 4.57 Å². The van der Waals surface area contributed by atoms with Gasteiger partial charge in [-0.3, -0.25) is 0 Å². The Hall–Kier alpha value is -4.04. The molecule has 1 heterocycles. The smallest absolute Gasteiger partial charge is 0.409 e. The number of aromatic hydroxyl groups is 1. The molecule has 208 valence electrons. The zero-order valence-corrected chi connectivity index (χ0v) is 23.3. The number of halogens is 2. The summed E-state index contributed by atoms with van der Waals surface area (Å²) >= 11 is 6.45. The molecule has 5 rings (SSSR count). The first-order valence-electron chi connectivity index (χ1n) is 13.0. The Bertz CT molecular complexity index is 1620. The molecule has 0 unspecified atom stereocenters. The van der Waals surface area contributed by atoms with Crippen LogP contribution < -0.4 is 0 Å². The predicted octanol–water partition coefficient (Wildman–Crippen LogP) is 7.31. The summed E-state index contributed by atoms with van der Waals surface area (Å²) in [5, 5.41) is 21.6. The van der Waals surface area contributed by atoms with E-state index in [4.69, 9.17) is 16.3 Å². The average molecular weight is 565 g/mol. The number of benzene rings is 3. The molecule has 40 heavy (non-hydrogen) atoms. The Balaban J connectivity index is 1.82. The van der Waals surface area contributed by atoms with Gasteiger partial charge in [0.2, 0.25) is 0 Å². The molecule has 0 aliphatic heterocycles. The molecule has 0 saturated heterocycles. The van der Waals surface area contributed by atoms with Crippen molar-refractivity contribution < 1.29 is 28.9 Å². The molecular formula is C31H30ClFN2O5. The third kappa shape index (κ3) is 4.77. The minimum absolute atomic E-state index is 0.0212. The molecule has 0 radical (unpaired) electrons. The Morgan fingerprint density at radius 3 is 2.38 bits per heavy atom. The monoisotopic (exact) mass is 564 g/mol. The Morgan fingerprint density at radius 1 is 1.10 bits per heavy atom. The quantitative estimate of drug-likeness (QED) is 0.245. The largest absolute Gasteiger partial charge is 0.507 e. The molecule has 1 amide bonds. The second-order valence-corrected chi connectivity index (χ2v) is 11.0. The van der Waals surface area contributed by atoms with Gasteiger partial charge in [0.25, 0.3) is 0 Å². The third-order valence-electron chi connectivity index (χ3n) is 7.82. The maximum Gasteiger partial charge on any atom is 0.409 e. The molecule has 2 N–H and O–H groups in total. The Kier molecular flexibility index (Phi) is 7.23. The lowest BCUT2D eigenvalue weighted by atomic mass is 9.63. The number of carbonyl (C=O) groups excluding carboxylic acids is 1. The minimum atomic E-state index is -1.04. The number of hydrogen-bond acceptors (Lipinski definition) is 4. The van der Waals surface area contributed by atoms with E-state index in [0.29, 0.717) is 33.6 Å². The number of nitrogens with zero attached hydrogens (tertiary/aromatic N) is 2. The van der Waals surface area contributed by atoms with Gasteiger partial charge < -0.3 is 24.4 Å². The standard InChI is InChI=1S/C31H30ClFN2O5/c1-18-15-22(9-10-23(18)33)35-24-16-21(32)17-25(36)27(24)26(19-5-7-20(8-6-19)29(37)38)28(35)31(11-4-12-31)13-14-40-30(39)34(2)3/h5-10,15-17,36H,4,11-14H2,1-3H3,(H,37,38). The highest BCUT2D eigenvalue weighted by Crippen LogP contribution is 2.54. The van der Waals surface area contributed by atoms with E-state index in [1.165, 1.54) is 29.2 Å². The van der Waals surface area contributed by atoms with Gasteiger partial charge in [-0.05, 0) is 79.8 Å². The Labute approximate surface area is 236 Å². The van der Waals surface area contributed by atoms with Gasteiger partial charge in [-0.1, -0.05) is 30.2 Å². The van der Waals surface area contributed by atoms with Gasteiger partial charge in [0.1, 0.15) is 11.6 Å². The number of amides is 1. The highest BCUT2D eigenvalue weighted by molar-refractivity contribution is 6.31. The van der Waals surface area contributed by atoms with Gasteiger partial charge >= 0.3 is 12.1 Å². The molecule has 0 atom stereocenters. The number of hydrogen-bond donors (Lipinski definition) is 2. The van der Waals surface area contributed by atoms with Crippen LogP contribution in [0.4, 0.5) is 9.18 Å². The maximum atomic E-state index is 14.4. The number of aryl methyl sites for hydroxylation is 1. The van der Waals surface area contributed by atoms with E-state index in [1.54, 1.807) is 51.4 Å². The Morgan fingerprint density at radius 2 is 1.80 bits per heavy atom. The topological polar surface area (TPSA) is 92.0 Å². The van der Waals surface area contributed by atoms with Crippen LogP contribution in [0.1, 0.15) is 47.3 Å². The van der Waals surface area contributed by atoms with Gasteiger partial charge in [-0.25, -0.2) is 14.0 Å². The normalized spacial score (nSPS) is 14.1. The highest BCUT2D eigenvalue weighted by Gasteiger charge is 2.44. The van der Waals surface area contributed by atoms with Gasteiger partial charge in [0.05, 0.1) is 23.1 Å². The van der Waals surface area contributed by atoms with Crippen LogP contribution in [-0.2, 0) is 10.2 Å². The summed E-state index contributed by atoms with van der Waals surface area (Å²) in [7, 11) is 3.25. The van der Waals surface area contributed by atoms with Gasteiger partial charge in [0.15, 0.2) is 0 Å². The number of carboxylic acid groups (broad SMARTS) is 1. The van der Waals surface area contributed by atoms with Crippen LogP contribution in [0.25, 0.3) is 27.7 Å². The summed E-state index contributed by atoms with van der Waals surface area (Å²) in [5.74, 6) is -1.39. The SMILES string of the molecule is Cc1cc(-n2c(C3(CCOC(=O)N(C)C)CCC3)c(-c3ccc(C(=O)O)cc3)c3c(O)cc(Cl)cc32)ccc1F. The lowest BCUT2D eigenvalue weighted by molar-refractivity contribution is 0.0696. The first-order chi connectivity index (χ1) is 19.0. The van der Waals surface area contributed by atoms with E-state index in [9.17, 15) is 24.2 Å². The van der Waals surface area contributed by atoms with E-state index < -0.39 is 17.5 Å². The number of ether oxygens (including phenoxy) is 1. The fourth-order valence-electron chi connectivity index (χ4n) is 5.63. The lowest BCUT2D eigenvalue weighted by Gasteiger charge is -2.43. The van der Waals surface area contributed by atoms with E-state index in [-0.39, 0.29) is 23.7 Å².